The molecule has 2 aromatic rings. The fraction of sp³-hybridized carbons (Fsp3) is 0.0714. The van der Waals surface area contributed by atoms with Gasteiger partial charge in [0.25, 0.3) is 0 Å². The van der Waals surface area contributed by atoms with E-state index >= 15 is 0 Å². The fourth-order valence-corrected chi connectivity index (χ4v) is 2.02. The van der Waals surface area contributed by atoms with Crippen LogP contribution in [0.25, 0.3) is 0 Å². The molecule has 2 aromatic carbocycles. The number of hydrogen-bond acceptors (Lipinski definition) is 2. The van der Waals surface area contributed by atoms with Gasteiger partial charge in [0.2, 0.25) is 0 Å². The Labute approximate surface area is 131 Å². The highest BCUT2D eigenvalue weighted by Crippen LogP contribution is 2.26. The molecule has 0 aromatic heterocycles. The summed E-state index contributed by atoms with van der Waals surface area (Å²) in [5.41, 5.74) is 6.58. The van der Waals surface area contributed by atoms with Gasteiger partial charge in [-0.2, -0.15) is 0 Å². The summed E-state index contributed by atoms with van der Waals surface area (Å²) in [7, 11) is 0. The van der Waals surface area contributed by atoms with Gasteiger partial charge in [0, 0.05) is 11.6 Å². The molecule has 0 spiro atoms. The molecular weight excluding hydrogens is 320 g/mol. The average Bonchev–Trinajstić information content (AvgIpc) is 2.39. The quantitative estimate of drug-likeness (QED) is 0.847. The minimum Gasteiger partial charge on any atom is -0.489 e. The maximum absolute atomic E-state index is 13.4. The summed E-state index contributed by atoms with van der Waals surface area (Å²) in [4.78, 5) is 0.139. The van der Waals surface area contributed by atoms with E-state index in [1.807, 2.05) is 0 Å². The number of thiocarbonyl (C=S) groups is 1. The first-order valence-electron chi connectivity index (χ1n) is 5.63. The van der Waals surface area contributed by atoms with E-state index in [4.69, 9.17) is 45.9 Å². The highest BCUT2D eigenvalue weighted by Gasteiger charge is 2.05. The van der Waals surface area contributed by atoms with Crippen molar-refractivity contribution < 1.29 is 9.13 Å². The zero-order valence-electron chi connectivity index (χ0n) is 10.2. The number of ether oxygens (including phenoxy) is 1. The lowest BCUT2D eigenvalue weighted by Gasteiger charge is -2.09. The maximum Gasteiger partial charge on any atom is 0.124 e. The molecule has 0 atom stereocenters. The molecule has 0 heterocycles. The third kappa shape index (κ3) is 3.82. The lowest BCUT2D eigenvalue weighted by atomic mass is 10.1. The molecule has 0 aliphatic carbocycles. The molecule has 6 heteroatoms. The molecule has 0 aliphatic rings. The van der Waals surface area contributed by atoms with Crippen molar-refractivity contribution in [1.82, 2.24) is 0 Å². The zero-order valence-corrected chi connectivity index (χ0v) is 12.5. The topological polar surface area (TPSA) is 35.2 Å². The Hall–Kier alpha value is -1.36. The van der Waals surface area contributed by atoms with Crippen LogP contribution in [0, 0.1) is 5.82 Å². The van der Waals surface area contributed by atoms with Gasteiger partial charge in [-0.1, -0.05) is 35.4 Å². The van der Waals surface area contributed by atoms with Crippen LogP contribution >= 0.6 is 35.4 Å². The van der Waals surface area contributed by atoms with Crippen molar-refractivity contribution in [3.63, 3.8) is 0 Å². The van der Waals surface area contributed by atoms with Gasteiger partial charge >= 0.3 is 0 Å². The second kappa shape index (κ2) is 6.39. The third-order valence-corrected chi connectivity index (χ3v) is 3.51. The van der Waals surface area contributed by atoms with Gasteiger partial charge in [0.05, 0.1) is 10.0 Å². The molecule has 0 unspecified atom stereocenters. The van der Waals surface area contributed by atoms with Crippen molar-refractivity contribution in [3.8, 4) is 5.75 Å². The molecule has 20 heavy (non-hydrogen) atoms. The number of halogens is 3. The number of rotatable bonds is 4. The van der Waals surface area contributed by atoms with E-state index < -0.39 is 5.82 Å². The molecule has 0 amide bonds. The Morgan fingerprint density at radius 2 is 1.90 bits per heavy atom. The number of nitrogens with two attached hydrogens (primary N) is 1. The van der Waals surface area contributed by atoms with Crippen LogP contribution < -0.4 is 10.5 Å². The molecule has 0 bridgehead atoms. The zero-order chi connectivity index (χ0) is 14.7. The minimum absolute atomic E-state index is 0.139. The number of benzene rings is 2. The molecule has 0 radical (unpaired) electrons. The maximum atomic E-state index is 13.4. The van der Waals surface area contributed by atoms with Gasteiger partial charge in [0.1, 0.15) is 23.2 Å². The van der Waals surface area contributed by atoms with Crippen molar-refractivity contribution >= 4 is 40.4 Å². The van der Waals surface area contributed by atoms with Crippen LogP contribution in [0.1, 0.15) is 11.1 Å². The van der Waals surface area contributed by atoms with Crippen LogP contribution in [0.4, 0.5) is 4.39 Å². The average molecular weight is 330 g/mol. The van der Waals surface area contributed by atoms with E-state index in [2.05, 4.69) is 0 Å². The SMILES string of the molecule is NC(=S)c1cc(F)cc(COc2ccc(Cl)c(Cl)c2)c1. The van der Waals surface area contributed by atoms with Gasteiger partial charge in [0.15, 0.2) is 0 Å². The molecule has 104 valence electrons. The van der Waals surface area contributed by atoms with Crippen molar-refractivity contribution in [3.05, 3.63) is 63.4 Å². The van der Waals surface area contributed by atoms with Gasteiger partial charge < -0.3 is 10.5 Å². The summed E-state index contributed by atoms with van der Waals surface area (Å²) in [6, 6.07) is 9.23. The van der Waals surface area contributed by atoms with Crippen molar-refractivity contribution in [1.29, 1.82) is 0 Å². The second-order valence-electron chi connectivity index (χ2n) is 4.08. The van der Waals surface area contributed by atoms with E-state index in [0.717, 1.165) is 0 Å². The Morgan fingerprint density at radius 1 is 1.15 bits per heavy atom. The summed E-state index contributed by atoms with van der Waals surface area (Å²) in [6.45, 7) is 0.172. The summed E-state index contributed by atoms with van der Waals surface area (Å²) in [6.07, 6.45) is 0. The van der Waals surface area contributed by atoms with Crippen LogP contribution in [0.5, 0.6) is 5.75 Å². The third-order valence-electron chi connectivity index (χ3n) is 2.54. The highest BCUT2D eigenvalue weighted by molar-refractivity contribution is 7.80. The Morgan fingerprint density at radius 3 is 2.55 bits per heavy atom. The van der Waals surface area contributed by atoms with Crippen LogP contribution in [0.2, 0.25) is 10.0 Å². The van der Waals surface area contributed by atoms with Gasteiger partial charge in [-0.3, -0.25) is 0 Å². The largest absolute Gasteiger partial charge is 0.489 e. The Kier molecular flexibility index (Phi) is 4.81. The molecule has 2 nitrogen and oxygen atoms in total. The van der Waals surface area contributed by atoms with E-state index in [1.54, 1.807) is 24.3 Å². The molecule has 0 saturated heterocycles. The first kappa shape index (κ1) is 15.0. The molecule has 2 rings (SSSR count). The fourth-order valence-electron chi connectivity index (χ4n) is 1.61. The van der Waals surface area contributed by atoms with Gasteiger partial charge in [-0.15, -0.1) is 0 Å². The van der Waals surface area contributed by atoms with Crippen LogP contribution in [-0.4, -0.2) is 4.99 Å². The Balaban J connectivity index is 2.14. The van der Waals surface area contributed by atoms with E-state index in [9.17, 15) is 4.39 Å². The summed E-state index contributed by atoms with van der Waals surface area (Å²) < 4.78 is 18.9. The van der Waals surface area contributed by atoms with Crippen LogP contribution in [0.15, 0.2) is 36.4 Å². The smallest absolute Gasteiger partial charge is 0.124 e. The normalized spacial score (nSPS) is 10.3. The summed E-state index contributed by atoms with van der Waals surface area (Å²) in [5.74, 6) is 0.128. The van der Waals surface area contributed by atoms with E-state index in [1.165, 1.54) is 12.1 Å². The Bertz CT molecular complexity index is 664. The molecule has 2 N–H and O–H groups in total. The first-order chi connectivity index (χ1) is 9.45. The molecular formula is C14H10Cl2FNOS. The summed E-state index contributed by atoms with van der Waals surface area (Å²) in [5, 5.41) is 0.841. The number of hydrogen-bond donors (Lipinski definition) is 1. The van der Waals surface area contributed by atoms with E-state index in [0.29, 0.717) is 26.9 Å². The van der Waals surface area contributed by atoms with E-state index in [-0.39, 0.29) is 11.6 Å². The lowest BCUT2D eigenvalue weighted by Crippen LogP contribution is -2.10. The van der Waals surface area contributed by atoms with Crippen molar-refractivity contribution in [2.75, 3.05) is 0 Å². The second-order valence-corrected chi connectivity index (χ2v) is 5.33. The predicted octanol–water partition coefficient (Wildman–Crippen LogP) is 4.35. The highest BCUT2D eigenvalue weighted by atomic mass is 35.5. The first-order valence-corrected chi connectivity index (χ1v) is 6.79. The van der Waals surface area contributed by atoms with Crippen LogP contribution in [0.3, 0.4) is 0 Å². The standard InChI is InChI=1S/C14H10Cl2FNOS/c15-12-2-1-11(6-13(12)16)19-7-8-3-9(14(18)20)5-10(17)4-8/h1-6H,7H2,(H2,18,20). The summed E-state index contributed by atoms with van der Waals surface area (Å²) >= 11 is 16.5. The van der Waals surface area contributed by atoms with Gasteiger partial charge in [-0.25, -0.2) is 4.39 Å². The lowest BCUT2D eigenvalue weighted by molar-refractivity contribution is 0.305. The monoisotopic (exact) mass is 329 g/mol. The van der Waals surface area contributed by atoms with Crippen molar-refractivity contribution in [2.45, 2.75) is 6.61 Å². The minimum atomic E-state index is -0.414. The predicted molar refractivity (Wildman–Crippen MR) is 83.1 cm³/mol. The molecule has 0 aliphatic heterocycles. The van der Waals surface area contributed by atoms with Gasteiger partial charge in [-0.05, 0) is 35.9 Å². The molecule has 0 fully saturated rings. The van der Waals surface area contributed by atoms with Crippen molar-refractivity contribution in [2.24, 2.45) is 5.73 Å². The van der Waals surface area contributed by atoms with Crippen LogP contribution in [-0.2, 0) is 6.61 Å². The molecule has 0 saturated carbocycles.